The first kappa shape index (κ1) is 23.3. The zero-order valence-electron chi connectivity index (χ0n) is 18.3. The van der Waals surface area contributed by atoms with Crippen molar-refractivity contribution in [2.75, 3.05) is 29.1 Å². The van der Waals surface area contributed by atoms with E-state index in [1.54, 1.807) is 61.5 Å². The largest absolute Gasteiger partial charge is 0.494 e. The Morgan fingerprint density at radius 2 is 1.61 bits per heavy atom. The van der Waals surface area contributed by atoms with Crippen molar-refractivity contribution in [3.8, 4) is 5.75 Å². The molecule has 3 rings (SSSR count). The third-order valence-corrected chi connectivity index (χ3v) is 4.65. The Kier molecular flexibility index (Phi) is 7.59. The van der Waals surface area contributed by atoms with E-state index in [1.165, 1.54) is 12.1 Å². The van der Waals surface area contributed by atoms with E-state index in [9.17, 15) is 19.7 Å². The van der Waals surface area contributed by atoms with Gasteiger partial charge in [0.2, 0.25) is 5.91 Å². The maximum atomic E-state index is 12.4. The van der Waals surface area contributed by atoms with Gasteiger partial charge in [0.1, 0.15) is 11.4 Å². The number of nitrogens with one attached hydrogen (secondary N) is 3. The molecule has 0 radical (unpaired) electrons. The van der Waals surface area contributed by atoms with Gasteiger partial charge in [0.25, 0.3) is 11.6 Å². The Hall–Kier alpha value is -4.40. The highest BCUT2D eigenvalue weighted by Gasteiger charge is 2.16. The van der Waals surface area contributed by atoms with Crippen LogP contribution >= 0.6 is 0 Å². The van der Waals surface area contributed by atoms with Crippen molar-refractivity contribution in [1.29, 1.82) is 0 Å². The third kappa shape index (κ3) is 6.54. The lowest BCUT2D eigenvalue weighted by Gasteiger charge is -2.10. The van der Waals surface area contributed by atoms with Gasteiger partial charge in [0.05, 0.1) is 18.1 Å². The monoisotopic (exact) mass is 448 g/mol. The molecular formula is C24H24N4O5. The van der Waals surface area contributed by atoms with Gasteiger partial charge in [-0.15, -0.1) is 0 Å². The summed E-state index contributed by atoms with van der Waals surface area (Å²) in [4.78, 5) is 35.3. The maximum Gasteiger partial charge on any atom is 0.293 e. The highest BCUT2D eigenvalue weighted by atomic mass is 16.6. The zero-order chi connectivity index (χ0) is 23.8. The minimum atomic E-state index is -0.535. The van der Waals surface area contributed by atoms with Crippen molar-refractivity contribution in [1.82, 2.24) is 0 Å². The molecule has 0 saturated heterocycles. The number of aryl methyl sites for hydroxylation is 1. The Morgan fingerprint density at radius 1 is 0.939 bits per heavy atom. The van der Waals surface area contributed by atoms with Crippen molar-refractivity contribution in [2.45, 2.75) is 13.8 Å². The number of nitro benzene ring substituents is 1. The zero-order valence-corrected chi connectivity index (χ0v) is 18.3. The minimum absolute atomic E-state index is 0.0945. The Morgan fingerprint density at radius 3 is 2.24 bits per heavy atom. The normalized spacial score (nSPS) is 10.2. The Balaban J connectivity index is 1.53. The Bertz CT molecular complexity index is 1140. The van der Waals surface area contributed by atoms with Gasteiger partial charge in [-0.05, 0) is 74.0 Å². The van der Waals surface area contributed by atoms with Gasteiger partial charge in [0, 0.05) is 23.0 Å². The summed E-state index contributed by atoms with van der Waals surface area (Å²) in [6.45, 7) is 4.11. The second-order valence-electron chi connectivity index (χ2n) is 7.17. The van der Waals surface area contributed by atoms with Gasteiger partial charge < -0.3 is 20.7 Å². The standard InChI is InChI=1S/C24H24N4O5/c1-3-33-20-11-9-19(10-12-20)26-24(30)17-5-7-18(8-6-17)25-15-23(29)27-21-13-4-16(2)14-22(21)28(31)32/h4-14,25H,3,15H2,1-2H3,(H,26,30)(H,27,29). The fourth-order valence-electron chi connectivity index (χ4n) is 3.02. The summed E-state index contributed by atoms with van der Waals surface area (Å²) in [5.41, 5.74) is 2.43. The van der Waals surface area contributed by atoms with Gasteiger partial charge in [-0.1, -0.05) is 6.07 Å². The van der Waals surface area contributed by atoms with Crippen LogP contribution in [0.2, 0.25) is 0 Å². The topological polar surface area (TPSA) is 123 Å². The molecule has 0 aromatic heterocycles. The molecule has 3 aromatic carbocycles. The third-order valence-electron chi connectivity index (χ3n) is 4.65. The van der Waals surface area contributed by atoms with Crippen LogP contribution in [0, 0.1) is 17.0 Å². The molecule has 3 aromatic rings. The van der Waals surface area contributed by atoms with Gasteiger partial charge >= 0.3 is 0 Å². The van der Waals surface area contributed by atoms with Crippen LogP contribution in [-0.4, -0.2) is 29.9 Å². The molecule has 0 aliphatic rings. The second-order valence-corrected chi connectivity index (χ2v) is 7.17. The molecular weight excluding hydrogens is 424 g/mol. The number of benzene rings is 3. The summed E-state index contributed by atoms with van der Waals surface area (Å²) in [6, 6.07) is 18.3. The number of carbonyl (C=O) groups excluding carboxylic acids is 2. The van der Waals surface area contributed by atoms with Crippen molar-refractivity contribution >= 4 is 34.6 Å². The smallest absolute Gasteiger partial charge is 0.293 e. The van der Waals surface area contributed by atoms with Crippen LogP contribution in [0.5, 0.6) is 5.75 Å². The molecule has 0 heterocycles. The lowest BCUT2D eigenvalue weighted by molar-refractivity contribution is -0.384. The molecule has 2 amide bonds. The number of nitrogens with zero attached hydrogens (tertiary/aromatic N) is 1. The van der Waals surface area contributed by atoms with E-state index in [0.717, 1.165) is 11.3 Å². The predicted octanol–water partition coefficient (Wildman–Crippen LogP) is 4.60. The van der Waals surface area contributed by atoms with E-state index >= 15 is 0 Å². The minimum Gasteiger partial charge on any atom is -0.494 e. The lowest BCUT2D eigenvalue weighted by atomic mass is 10.2. The highest BCUT2D eigenvalue weighted by molar-refractivity contribution is 6.04. The lowest BCUT2D eigenvalue weighted by Crippen LogP contribution is -2.22. The summed E-state index contributed by atoms with van der Waals surface area (Å²) in [6.07, 6.45) is 0. The van der Waals surface area contributed by atoms with Gasteiger partial charge in [-0.2, -0.15) is 0 Å². The van der Waals surface area contributed by atoms with Gasteiger partial charge in [-0.3, -0.25) is 19.7 Å². The van der Waals surface area contributed by atoms with Crippen LogP contribution in [0.25, 0.3) is 0 Å². The highest BCUT2D eigenvalue weighted by Crippen LogP contribution is 2.25. The molecule has 9 nitrogen and oxygen atoms in total. The first-order chi connectivity index (χ1) is 15.9. The van der Waals surface area contributed by atoms with Crippen LogP contribution in [0.4, 0.5) is 22.7 Å². The number of amides is 2. The van der Waals surface area contributed by atoms with Crippen molar-refractivity contribution in [3.05, 3.63) is 88.0 Å². The molecule has 0 spiro atoms. The quantitative estimate of drug-likeness (QED) is 0.325. The molecule has 170 valence electrons. The molecule has 0 aliphatic carbocycles. The molecule has 0 atom stereocenters. The summed E-state index contributed by atoms with van der Waals surface area (Å²) in [7, 11) is 0. The molecule has 9 heteroatoms. The maximum absolute atomic E-state index is 12.4. The van der Waals surface area contributed by atoms with Crippen molar-refractivity contribution in [3.63, 3.8) is 0 Å². The molecule has 0 fully saturated rings. The molecule has 0 bridgehead atoms. The van der Waals surface area contributed by atoms with E-state index in [1.807, 2.05) is 6.92 Å². The van der Waals surface area contributed by atoms with Gasteiger partial charge in [0.15, 0.2) is 0 Å². The number of hydrogen-bond donors (Lipinski definition) is 3. The summed E-state index contributed by atoms with van der Waals surface area (Å²) in [5, 5.41) is 19.5. The number of carbonyl (C=O) groups is 2. The average Bonchev–Trinajstić information content (AvgIpc) is 2.80. The number of ether oxygens (including phenoxy) is 1. The molecule has 0 aliphatic heterocycles. The number of hydrogen-bond acceptors (Lipinski definition) is 6. The van der Waals surface area contributed by atoms with Crippen LogP contribution in [0.3, 0.4) is 0 Å². The first-order valence-corrected chi connectivity index (χ1v) is 10.3. The predicted molar refractivity (Wildman–Crippen MR) is 127 cm³/mol. The van der Waals surface area contributed by atoms with Crippen LogP contribution in [0.15, 0.2) is 66.7 Å². The van der Waals surface area contributed by atoms with Crippen molar-refractivity contribution < 1.29 is 19.2 Å². The fourth-order valence-corrected chi connectivity index (χ4v) is 3.02. The van der Waals surface area contributed by atoms with Gasteiger partial charge in [-0.25, -0.2) is 0 Å². The van der Waals surface area contributed by atoms with E-state index in [2.05, 4.69) is 16.0 Å². The average molecular weight is 448 g/mol. The van der Waals surface area contributed by atoms with E-state index in [4.69, 9.17) is 4.74 Å². The molecule has 33 heavy (non-hydrogen) atoms. The van der Waals surface area contributed by atoms with E-state index < -0.39 is 10.8 Å². The van der Waals surface area contributed by atoms with Crippen LogP contribution < -0.4 is 20.7 Å². The van der Waals surface area contributed by atoms with E-state index in [-0.39, 0.29) is 23.8 Å². The summed E-state index contributed by atoms with van der Waals surface area (Å²) >= 11 is 0. The van der Waals surface area contributed by atoms with E-state index in [0.29, 0.717) is 23.5 Å². The summed E-state index contributed by atoms with van der Waals surface area (Å²) in [5.74, 6) is 0.0290. The fraction of sp³-hybridized carbons (Fsp3) is 0.167. The van der Waals surface area contributed by atoms with Crippen molar-refractivity contribution in [2.24, 2.45) is 0 Å². The Labute approximate surface area is 190 Å². The molecule has 0 unspecified atom stereocenters. The number of rotatable bonds is 9. The molecule has 3 N–H and O–H groups in total. The van der Waals surface area contributed by atoms with Crippen LogP contribution in [0.1, 0.15) is 22.8 Å². The summed E-state index contributed by atoms with van der Waals surface area (Å²) < 4.78 is 5.38. The second kappa shape index (κ2) is 10.8. The first-order valence-electron chi connectivity index (χ1n) is 10.3. The number of anilines is 3. The number of nitro groups is 1. The SMILES string of the molecule is CCOc1ccc(NC(=O)c2ccc(NCC(=O)Nc3ccc(C)cc3[N+](=O)[O-])cc2)cc1. The van der Waals surface area contributed by atoms with Crippen LogP contribution in [-0.2, 0) is 4.79 Å². The molecule has 0 saturated carbocycles.